The summed E-state index contributed by atoms with van der Waals surface area (Å²) in [6.07, 6.45) is 4.66. The Balaban J connectivity index is 1.83. The van der Waals surface area contributed by atoms with Crippen LogP contribution in [0.1, 0.15) is 36.7 Å². The van der Waals surface area contributed by atoms with Crippen LogP contribution in [-0.4, -0.2) is 16.9 Å². The van der Waals surface area contributed by atoms with Gasteiger partial charge in [0.1, 0.15) is 5.69 Å². The molecule has 1 N–H and O–H groups in total. The van der Waals surface area contributed by atoms with Crippen molar-refractivity contribution in [3.8, 4) is 0 Å². The number of nitrogens with one attached hydrogen (secondary N) is 1. The average molecular weight is 280 g/mol. The lowest BCUT2D eigenvalue weighted by Gasteiger charge is -2.30. The van der Waals surface area contributed by atoms with Gasteiger partial charge in [0.15, 0.2) is 0 Å². The molecule has 0 bridgehead atoms. The van der Waals surface area contributed by atoms with E-state index in [2.05, 4.69) is 23.8 Å². The minimum absolute atomic E-state index is 0.0730. The van der Waals surface area contributed by atoms with Crippen molar-refractivity contribution >= 4 is 16.7 Å². The highest BCUT2D eigenvalue weighted by molar-refractivity contribution is 6.05. The van der Waals surface area contributed by atoms with Crippen molar-refractivity contribution in [3.63, 3.8) is 0 Å². The predicted octanol–water partition coefficient (Wildman–Crippen LogP) is 3.71. The van der Waals surface area contributed by atoms with Crippen molar-refractivity contribution in [1.29, 1.82) is 0 Å². The van der Waals surface area contributed by atoms with E-state index < -0.39 is 0 Å². The Bertz CT molecular complexity index is 687. The van der Waals surface area contributed by atoms with E-state index in [1.807, 2.05) is 30.3 Å². The topological polar surface area (TPSA) is 42.0 Å². The van der Waals surface area contributed by atoms with Gasteiger partial charge in [-0.15, -0.1) is 0 Å². The summed E-state index contributed by atoms with van der Waals surface area (Å²) < 4.78 is 0. The molecule has 1 amide bonds. The highest BCUT2D eigenvalue weighted by Crippen LogP contribution is 2.27. The Labute approximate surface area is 125 Å². The fraction of sp³-hybridized carbons (Fsp3) is 0.333. The molecular formula is C18H20N2O. The average Bonchev–Trinajstić information content (AvgIpc) is 2.49. The van der Waals surface area contributed by atoms with E-state index in [4.69, 9.17) is 0 Å². The third-order valence-corrected chi connectivity index (χ3v) is 4.31. The van der Waals surface area contributed by atoms with Gasteiger partial charge in [0.25, 0.3) is 5.91 Å². The second kappa shape index (κ2) is 5.68. The third-order valence-electron chi connectivity index (χ3n) is 4.31. The van der Waals surface area contributed by atoms with E-state index in [1.54, 1.807) is 6.20 Å². The van der Waals surface area contributed by atoms with Crippen LogP contribution < -0.4 is 5.32 Å². The maximum Gasteiger partial charge on any atom is 0.270 e. The van der Waals surface area contributed by atoms with E-state index in [1.165, 1.54) is 5.57 Å². The molecule has 1 aliphatic carbocycles. The lowest BCUT2D eigenvalue weighted by atomic mass is 9.83. The third kappa shape index (κ3) is 2.82. The number of nitrogens with zero attached hydrogens (tertiary/aromatic N) is 1. The first-order chi connectivity index (χ1) is 10.1. The minimum atomic E-state index is -0.0730. The maximum atomic E-state index is 12.6. The van der Waals surface area contributed by atoms with Gasteiger partial charge in [0, 0.05) is 17.6 Å². The minimum Gasteiger partial charge on any atom is -0.348 e. The van der Waals surface area contributed by atoms with E-state index >= 15 is 0 Å². The number of fused-ring (bicyclic) bond motifs is 1. The summed E-state index contributed by atoms with van der Waals surface area (Å²) in [5, 5.41) is 5.11. The Hall–Kier alpha value is -2.16. The SMILES string of the molecule is C=C1CCC(NC(=O)c2nccc3ccccc23)C(C)C1. The van der Waals surface area contributed by atoms with E-state index in [0.717, 1.165) is 30.0 Å². The largest absolute Gasteiger partial charge is 0.348 e. The molecule has 1 saturated carbocycles. The van der Waals surface area contributed by atoms with Gasteiger partial charge in [-0.25, -0.2) is 0 Å². The molecule has 21 heavy (non-hydrogen) atoms. The molecule has 1 aromatic carbocycles. The number of benzene rings is 1. The van der Waals surface area contributed by atoms with Gasteiger partial charge in [-0.05, 0) is 36.6 Å². The number of pyridine rings is 1. The van der Waals surface area contributed by atoms with Gasteiger partial charge in [-0.1, -0.05) is 43.3 Å². The van der Waals surface area contributed by atoms with Gasteiger partial charge < -0.3 is 5.32 Å². The Morgan fingerprint density at radius 3 is 2.95 bits per heavy atom. The maximum absolute atomic E-state index is 12.6. The van der Waals surface area contributed by atoms with Crippen molar-refractivity contribution in [2.24, 2.45) is 5.92 Å². The zero-order valence-corrected chi connectivity index (χ0v) is 12.3. The zero-order valence-electron chi connectivity index (χ0n) is 12.3. The first kappa shape index (κ1) is 13.8. The van der Waals surface area contributed by atoms with Crippen LogP contribution in [0.4, 0.5) is 0 Å². The van der Waals surface area contributed by atoms with Crippen LogP contribution in [-0.2, 0) is 0 Å². The highest BCUT2D eigenvalue weighted by Gasteiger charge is 2.25. The van der Waals surface area contributed by atoms with Gasteiger partial charge in [-0.2, -0.15) is 0 Å². The fourth-order valence-electron chi connectivity index (χ4n) is 3.10. The molecule has 2 atom stereocenters. The molecule has 0 spiro atoms. The molecule has 1 fully saturated rings. The second-order valence-corrected chi connectivity index (χ2v) is 5.93. The molecule has 2 aromatic rings. The molecule has 108 valence electrons. The smallest absolute Gasteiger partial charge is 0.270 e. The predicted molar refractivity (Wildman–Crippen MR) is 85.2 cm³/mol. The van der Waals surface area contributed by atoms with Crippen molar-refractivity contribution in [2.75, 3.05) is 0 Å². The monoisotopic (exact) mass is 280 g/mol. The molecule has 1 aromatic heterocycles. The zero-order chi connectivity index (χ0) is 14.8. The number of amides is 1. The summed E-state index contributed by atoms with van der Waals surface area (Å²) in [5.41, 5.74) is 1.81. The first-order valence-electron chi connectivity index (χ1n) is 7.46. The summed E-state index contributed by atoms with van der Waals surface area (Å²) in [7, 11) is 0. The van der Waals surface area contributed by atoms with Crippen molar-refractivity contribution in [3.05, 3.63) is 54.4 Å². The Morgan fingerprint density at radius 1 is 1.33 bits per heavy atom. The Kier molecular flexibility index (Phi) is 3.74. The van der Waals surface area contributed by atoms with Crippen molar-refractivity contribution in [1.82, 2.24) is 10.3 Å². The number of carbonyl (C=O) groups is 1. The number of allylic oxidation sites excluding steroid dienone is 1. The van der Waals surface area contributed by atoms with Crippen LogP contribution in [0.25, 0.3) is 10.8 Å². The Morgan fingerprint density at radius 2 is 2.14 bits per heavy atom. The number of carbonyl (C=O) groups excluding carboxylic acids is 1. The number of hydrogen-bond acceptors (Lipinski definition) is 2. The second-order valence-electron chi connectivity index (χ2n) is 5.93. The van der Waals surface area contributed by atoms with Crippen molar-refractivity contribution < 1.29 is 4.79 Å². The molecular weight excluding hydrogens is 260 g/mol. The van der Waals surface area contributed by atoms with Gasteiger partial charge in [0.2, 0.25) is 0 Å². The van der Waals surface area contributed by atoms with Crippen LogP contribution in [0.2, 0.25) is 0 Å². The fourth-order valence-corrected chi connectivity index (χ4v) is 3.10. The van der Waals surface area contributed by atoms with Gasteiger partial charge in [0.05, 0.1) is 0 Å². The summed E-state index contributed by atoms with van der Waals surface area (Å²) in [5.74, 6) is 0.362. The van der Waals surface area contributed by atoms with Crippen LogP contribution in [0.5, 0.6) is 0 Å². The van der Waals surface area contributed by atoms with Crippen molar-refractivity contribution in [2.45, 2.75) is 32.2 Å². The molecule has 3 heteroatoms. The lowest BCUT2D eigenvalue weighted by molar-refractivity contribution is 0.0913. The van der Waals surface area contributed by atoms with Crippen LogP contribution in [0.3, 0.4) is 0 Å². The summed E-state index contributed by atoms with van der Waals surface area (Å²) in [6.45, 7) is 6.22. The van der Waals surface area contributed by atoms with Crippen LogP contribution in [0, 0.1) is 5.92 Å². The summed E-state index contributed by atoms with van der Waals surface area (Å²) >= 11 is 0. The normalized spacial score (nSPS) is 22.2. The van der Waals surface area contributed by atoms with Crippen LogP contribution >= 0.6 is 0 Å². The molecule has 1 aliphatic rings. The highest BCUT2D eigenvalue weighted by atomic mass is 16.1. The molecule has 3 nitrogen and oxygen atoms in total. The number of hydrogen-bond donors (Lipinski definition) is 1. The van der Waals surface area contributed by atoms with Crippen LogP contribution in [0.15, 0.2) is 48.7 Å². The molecule has 1 heterocycles. The van der Waals surface area contributed by atoms with E-state index in [0.29, 0.717) is 11.6 Å². The van der Waals surface area contributed by atoms with E-state index in [9.17, 15) is 4.79 Å². The van der Waals surface area contributed by atoms with E-state index in [-0.39, 0.29) is 11.9 Å². The molecule has 0 aliphatic heterocycles. The van der Waals surface area contributed by atoms with Gasteiger partial charge >= 0.3 is 0 Å². The summed E-state index contributed by atoms with van der Waals surface area (Å²) in [4.78, 5) is 16.8. The first-order valence-corrected chi connectivity index (χ1v) is 7.46. The molecule has 0 saturated heterocycles. The number of rotatable bonds is 2. The molecule has 0 radical (unpaired) electrons. The number of aromatic nitrogens is 1. The quantitative estimate of drug-likeness (QED) is 0.852. The summed E-state index contributed by atoms with van der Waals surface area (Å²) in [6, 6.07) is 10.0. The van der Waals surface area contributed by atoms with Gasteiger partial charge in [-0.3, -0.25) is 9.78 Å². The molecule has 3 rings (SSSR count). The standard InChI is InChI=1S/C18H20N2O/c1-12-7-8-16(13(2)11-12)20-18(21)17-15-6-4-3-5-14(15)9-10-19-17/h3-6,9-10,13,16H,1,7-8,11H2,2H3,(H,20,21). The molecule has 2 unspecified atom stereocenters. The lowest BCUT2D eigenvalue weighted by Crippen LogP contribution is -2.41.